The third-order valence-electron chi connectivity index (χ3n) is 3.42. The number of carboxylic acid groups (broad SMARTS) is 1. The Bertz CT molecular complexity index is 288. The Kier molecular flexibility index (Phi) is 5.91. The van der Waals surface area contributed by atoms with Gasteiger partial charge in [0, 0.05) is 13.1 Å². The van der Waals surface area contributed by atoms with Crippen molar-refractivity contribution in [2.45, 2.75) is 50.7 Å². The molecule has 0 aromatic heterocycles. The summed E-state index contributed by atoms with van der Waals surface area (Å²) in [5, 5.41) is 20.0. The van der Waals surface area contributed by atoms with E-state index in [4.69, 9.17) is 10.2 Å². The number of hydrogen-bond donors (Lipinski definition) is 3. The highest BCUT2D eigenvalue weighted by molar-refractivity contribution is 5.76. The van der Waals surface area contributed by atoms with E-state index in [1.54, 1.807) is 11.9 Å². The number of aliphatic carboxylic acids is 1. The van der Waals surface area contributed by atoms with E-state index in [1.807, 2.05) is 0 Å². The van der Waals surface area contributed by atoms with Crippen LogP contribution in [0.25, 0.3) is 0 Å². The van der Waals surface area contributed by atoms with Gasteiger partial charge in [0.15, 0.2) is 6.10 Å². The van der Waals surface area contributed by atoms with Gasteiger partial charge in [-0.1, -0.05) is 25.7 Å². The molecule has 6 nitrogen and oxygen atoms in total. The van der Waals surface area contributed by atoms with Gasteiger partial charge < -0.3 is 20.4 Å². The van der Waals surface area contributed by atoms with Gasteiger partial charge in [0.25, 0.3) is 0 Å². The molecule has 1 unspecified atom stereocenters. The second-order valence-corrected chi connectivity index (χ2v) is 4.80. The molecule has 104 valence electrons. The fourth-order valence-corrected chi connectivity index (χ4v) is 2.21. The van der Waals surface area contributed by atoms with Gasteiger partial charge in [-0.3, -0.25) is 0 Å². The van der Waals surface area contributed by atoms with Crippen molar-refractivity contribution in [3.8, 4) is 0 Å². The van der Waals surface area contributed by atoms with E-state index in [1.165, 1.54) is 12.8 Å². The van der Waals surface area contributed by atoms with Gasteiger partial charge >= 0.3 is 12.0 Å². The summed E-state index contributed by atoms with van der Waals surface area (Å²) >= 11 is 0. The first kappa shape index (κ1) is 14.8. The van der Waals surface area contributed by atoms with Gasteiger partial charge in [0.2, 0.25) is 0 Å². The van der Waals surface area contributed by atoms with E-state index < -0.39 is 12.1 Å². The van der Waals surface area contributed by atoms with Crippen molar-refractivity contribution >= 4 is 12.0 Å². The van der Waals surface area contributed by atoms with Gasteiger partial charge in [0.05, 0.1) is 6.54 Å². The first-order valence-corrected chi connectivity index (χ1v) is 6.44. The van der Waals surface area contributed by atoms with E-state index in [9.17, 15) is 9.59 Å². The Morgan fingerprint density at radius 3 is 2.33 bits per heavy atom. The molecule has 1 atom stereocenters. The second kappa shape index (κ2) is 7.20. The van der Waals surface area contributed by atoms with Gasteiger partial charge in [-0.25, -0.2) is 9.59 Å². The zero-order valence-corrected chi connectivity index (χ0v) is 10.8. The largest absolute Gasteiger partial charge is 0.479 e. The van der Waals surface area contributed by atoms with Crippen LogP contribution in [0.3, 0.4) is 0 Å². The molecular formula is C12H22N2O4. The summed E-state index contributed by atoms with van der Waals surface area (Å²) in [5.74, 6) is -1.33. The molecule has 3 N–H and O–H groups in total. The smallest absolute Gasteiger partial charge is 0.334 e. The first-order chi connectivity index (χ1) is 8.52. The van der Waals surface area contributed by atoms with Gasteiger partial charge in [-0.2, -0.15) is 0 Å². The highest BCUT2D eigenvalue weighted by Crippen LogP contribution is 2.20. The molecule has 1 aliphatic rings. The van der Waals surface area contributed by atoms with Crippen LogP contribution in [0.4, 0.5) is 4.79 Å². The van der Waals surface area contributed by atoms with Crippen molar-refractivity contribution in [1.82, 2.24) is 10.2 Å². The highest BCUT2D eigenvalue weighted by atomic mass is 16.4. The Hall–Kier alpha value is -1.30. The van der Waals surface area contributed by atoms with Crippen LogP contribution in [-0.4, -0.2) is 52.9 Å². The van der Waals surface area contributed by atoms with Crippen LogP contribution in [0.5, 0.6) is 0 Å². The van der Waals surface area contributed by atoms with Crippen molar-refractivity contribution in [2.24, 2.45) is 0 Å². The number of nitrogens with zero attached hydrogens (tertiary/aromatic N) is 1. The average molecular weight is 258 g/mol. The number of aliphatic hydroxyl groups excluding tert-OH is 1. The summed E-state index contributed by atoms with van der Waals surface area (Å²) in [6, 6.07) is -0.100. The molecule has 6 heteroatoms. The maximum atomic E-state index is 11.8. The van der Waals surface area contributed by atoms with Crippen LogP contribution < -0.4 is 5.32 Å². The topological polar surface area (TPSA) is 89.9 Å². The van der Waals surface area contributed by atoms with Crippen LogP contribution >= 0.6 is 0 Å². The number of hydrogen-bond acceptors (Lipinski definition) is 3. The van der Waals surface area contributed by atoms with Crippen LogP contribution in [0.1, 0.15) is 38.5 Å². The van der Waals surface area contributed by atoms with E-state index in [0.717, 1.165) is 25.7 Å². The van der Waals surface area contributed by atoms with Crippen molar-refractivity contribution in [1.29, 1.82) is 0 Å². The summed E-state index contributed by atoms with van der Waals surface area (Å²) in [6.07, 6.45) is 5.11. The zero-order valence-electron chi connectivity index (χ0n) is 10.8. The molecule has 0 saturated heterocycles. The van der Waals surface area contributed by atoms with Crippen LogP contribution in [0.15, 0.2) is 0 Å². The molecule has 0 radical (unpaired) electrons. The summed E-state index contributed by atoms with van der Waals surface area (Å²) < 4.78 is 0. The van der Waals surface area contributed by atoms with E-state index in [-0.39, 0.29) is 18.6 Å². The normalized spacial score (nSPS) is 18.8. The standard InChI is InChI=1S/C12H22N2O4/c1-14(9-6-4-2-3-5-7-9)12(18)13-8-10(15)11(16)17/h9-10,15H,2-8H2,1H3,(H,13,18)(H,16,17). The molecule has 0 spiro atoms. The predicted octanol–water partition coefficient (Wildman–Crippen LogP) is 0.796. The zero-order chi connectivity index (χ0) is 13.5. The summed E-state index contributed by atoms with van der Waals surface area (Å²) in [6.45, 7) is -0.259. The fourth-order valence-electron chi connectivity index (χ4n) is 2.21. The maximum absolute atomic E-state index is 11.8. The summed E-state index contributed by atoms with van der Waals surface area (Å²) in [4.78, 5) is 23.8. The third-order valence-corrected chi connectivity index (χ3v) is 3.42. The molecule has 1 rings (SSSR count). The molecule has 2 amide bonds. The molecule has 0 heterocycles. The molecular weight excluding hydrogens is 236 g/mol. The lowest BCUT2D eigenvalue weighted by molar-refractivity contribution is -0.146. The van der Waals surface area contributed by atoms with Crippen molar-refractivity contribution in [3.63, 3.8) is 0 Å². The Labute approximate surface area is 107 Å². The number of rotatable bonds is 4. The Morgan fingerprint density at radius 1 is 1.28 bits per heavy atom. The first-order valence-electron chi connectivity index (χ1n) is 6.44. The Morgan fingerprint density at radius 2 is 1.83 bits per heavy atom. The lowest BCUT2D eigenvalue weighted by Crippen LogP contribution is -2.46. The summed E-state index contributed by atoms with van der Waals surface area (Å²) in [5.41, 5.74) is 0. The van der Waals surface area contributed by atoms with Crippen molar-refractivity contribution in [3.05, 3.63) is 0 Å². The number of carboxylic acids is 1. The molecule has 0 aromatic carbocycles. The number of carbonyl (C=O) groups is 2. The minimum Gasteiger partial charge on any atom is -0.479 e. The van der Waals surface area contributed by atoms with Crippen molar-refractivity contribution < 1.29 is 19.8 Å². The number of urea groups is 1. The molecule has 1 fully saturated rings. The SMILES string of the molecule is CN(C(=O)NCC(O)C(=O)O)C1CCCCCC1. The van der Waals surface area contributed by atoms with E-state index in [2.05, 4.69) is 5.32 Å². The number of amides is 2. The average Bonchev–Trinajstić information content (AvgIpc) is 2.63. The predicted molar refractivity (Wildman–Crippen MR) is 66.3 cm³/mol. The molecule has 18 heavy (non-hydrogen) atoms. The summed E-state index contributed by atoms with van der Waals surface area (Å²) in [7, 11) is 1.72. The van der Waals surface area contributed by atoms with Crippen LogP contribution in [0.2, 0.25) is 0 Å². The minimum absolute atomic E-state index is 0.217. The lowest BCUT2D eigenvalue weighted by atomic mass is 10.1. The molecule has 1 aliphatic carbocycles. The van der Waals surface area contributed by atoms with Gasteiger partial charge in [-0.15, -0.1) is 0 Å². The molecule has 0 aromatic rings. The Balaban J connectivity index is 2.37. The van der Waals surface area contributed by atoms with E-state index in [0.29, 0.717) is 0 Å². The lowest BCUT2D eigenvalue weighted by Gasteiger charge is -2.27. The van der Waals surface area contributed by atoms with Gasteiger partial charge in [0.1, 0.15) is 0 Å². The molecule has 0 aliphatic heterocycles. The second-order valence-electron chi connectivity index (χ2n) is 4.80. The monoisotopic (exact) mass is 258 g/mol. The van der Waals surface area contributed by atoms with E-state index >= 15 is 0 Å². The molecule has 0 bridgehead atoms. The number of nitrogens with one attached hydrogen (secondary N) is 1. The molecule has 1 saturated carbocycles. The van der Waals surface area contributed by atoms with Crippen LogP contribution in [0, 0.1) is 0 Å². The third kappa shape index (κ3) is 4.52. The maximum Gasteiger partial charge on any atom is 0.334 e. The minimum atomic E-state index is -1.54. The fraction of sp³-hybridized carbons (Fsp3) is 0.833. The van der Waals surface area contributed by atoms with Crippen molar-refractivity contribution in [2.75, 3.05) is 13.6 Å². The van der Waals surface area contributed by atoms with Gasteiger partial charge in [-0.05, 0) is 12.8 Å². The quantitative estimate of drug-likeness (QED) is 0.650. The number of carbonyl (C=O) groups excluding carboxylic acids is 1. The van der Waals surface area contributed by atoms with Crippen LogP contribution in [-0.2, 0) is 4.79 Å². The number of aliphatic hydroxyl groups is 1. The highest BCUT2D eigenvalue weighted by Gasteiger charge is 2.22.